The minimum Gasteiger partial charge on any atom is -0.369 e. The first-order valence-corrected chi connectivity index (χ1v) is 6.97. The predicted molar refractivity (Wildman–Crippen MR) is 78.1 cm³/mol. The van der Waals surface area contributed by atoms with E-state index in [1.165, 1.54) is 6.33 Å². The lowest BCUT2D eigenvalue weighted by Gasteiger charge is -2.27. The monoisotopic (exact) mass is 269 g/mol. The van der Waals surface area contributed by atoms with Gasteiger partial charge in [0.2, 0.25) is 0 Å². The molecule has 1 rings (SSSR count). The molecule has 0 bridgehead atoms. The molecular weight excluding hydrogens is 246 g/mol. The van der Waals surface area contributed by atoms with Gasteiger partial charge >= 0.3 is 0 Å². The Morgan fingerprint density at radius 3 is 2.56 bits per heavy atom. The van der Waals surface area contributed by atoms with Gasteiger partial charge in [-0.25, -0.2) is 9.97 Å². The van der Waals surface area contributed by atoms with Crippen molar-refractivity contribution in [2.75, 3.05) is 11.9 Å². The molecule has 0 spiro atoms. The molecule has 18 heavy (non-hydrogen) atoms. The average Bonchev–Trinajstić information content (AvgIpc) is 2.28. The Morgan fingerprint density at radius 1 is 1.33 bits per heavy atom. The van der Waals surface area contributed by atoms with Crippen molar-refractivity contribution in [3.05, 3.63) is 17.0 Å². The van der Waals surface area contributed by atoms with Crippen molar-refractivity contribution in [2.45, 2.75) is 47.5 Å². The molecule has 0 amide bonds. The second kappa shape index (κ2) is 6.37. The van der Waals surface area contributed by atoms with Gasteiger partial charge in [-0.3, -0.25) is 0 Å². The van der Waals surface area contributed by atoms with Crippen LogP contribution in [-0.2, 0) is 6.42 Å². The number of halogens is 1. The van der Waals surface area contributed by atoms with Gasteiger partial charge in [0.05, 0.1) is 0 Å². The van der Waals surface area contributed by atoms with E-state index in [4.69, 9.17) is 11.6 Å². The molecule has 0 fully saturated rings. The summed E-state index contributed by atoms with van der Waals surface area (Å²) in [6.07, 6.45) is 3.47. The standard InChI is InChI=1S/C14H24ClN3/c1-6-7-11-12(15)17-9-18-13(11)16-8-10(2)14(3,4)5/h9-10H,6-8H2,1-5H3,(H,16,17,18). The second-order valence-electron chi connectivity index (χ2n) is 5.89. The zero-order valence-electron chi connectivity index (χ0n) is 12.0. The van der Waals surface area contributed by atoms with E-state index in [9.17, 15) is 0 Å². The van der Waals surface area contributed by atoms with E-state index >= 15 is 0 Å². The van der Waals surface area contributed by atoms with Crippen LogP contribution in [-0.4, -0.2) is 16.5 Å². The molecule has 0 saturated heterocycles. The van der Waals surface area contributed by atoms with Gasteiger partial charge in [-0.1, -0.05) is 52.6 Å². The summed E-state index contributed by atoms with van der Waals surface area (Å²) >= 11 is 6.12. The molecule has 1 aromatic rings. The molecule has 0 saturated carbocycles. The van der Waals surface area contributed by atoms with Crippen LogP contribution in [0.15, 0.2) is 6.33 Å². The topological polar surface area (TPSA) is 37.8 Å². The summed E-state index contributed by atoms with van der Waals surface area (Å²) in [5, 5.41) is 3.98. The predicted octanol–water partition coefficient (Wildman–Crippen LogP) is 4.18. The van der Waals surface area contributed by atoms with Crippen LogP contribution >= 0.6 is 11.6 Å². The zero-order valence-corrected chi connectivity index (χ0v) is 12.8. The first-order chi connectivity index (χ1) is 8.36. The molecule has 1 aromatic heterocycles. The van der Waals surface area contributed by atoms with Crippen molar-refractivity contribution >= 4 is 17.4 Å². The summed E-state index contributed by atoms with van der Waals surface area (Å²) < 4.78 is 0. The maximum absolute atomic E-state index is 6.12. The van der Waals surface area contributed by atoms with Gasteiger partial charge in [0, 0.05) is 12.1 Å². The van der Waals surface area contributed by atoms with E-state index in [2.05, 4.69) is 49.9 Å². The first kappa shape index (κ1) is 15.2. The number of hydrogen-bond donors (Lipinski definition) is 1. The van der Waals surface area contributed by atoms with Gasteiger partial charge in [0.15, 0.2) is 0 Å². The molecule has 0 aromatic carbocycles. The van der Waals surface area contributed by atoms with E-state index < -0.39 is 0 Å². The lowest BCUT2D eigenvalue weighted by molar-refractivity contribution is 0.274. The van der Waals surface area contributed by atoms with Crippen molar-refractivity contribution < 1.29 is 0 Å². The van der Waals surface area contributed by atoms with Crippen LogP contribution in [0.1, 0.15) is 46.6 Å². The summed E-state index contributed by atoms with van der Waals surface area (Å²) in [5.41, 5.74) is 1.32. The highest BCUT2D eigenvalue weighted by molar-refractivity contribution is 6.30. The van der Waals surface area contributed by atoms with Gasteiger partial charge in [-0.15, -0.1) is 0 Å². The largest absolute Gasteiger partial charge is 0.369 e. The summed E-state index contributed by atoms with van der Waals surface area (Å²) in [4.78, 5) is 8.35. The van der Waals surface area contributed by atoms with Crippen LogP contribution in [0, 0.1) is 11.3 Å². The highest BCUT2D eigenvalue weighted by Crippen LogP contribution is 2.27. The summed E-state index contributed by atoms with van der Waals surface area (Å²) in [6.45, 7) is 12.0. The quantitative estimate of drug-likeness (QED) is 0.815. The van der Waals surface area contributed by atoms with Gasteiger partial charge < -0.3 is 5.32 Å². The Bertz CT molecular complexity index is 385. The zero-order chi connectivity index (χ0) is 13.8. The van der Waals surface area contributed by atoms with Crippen LogP contribution < -0.4 is 5.32 Å². The van der Waals surface area contributed by atoms with Crippen molar-refractivity contribution in [1.82, 2.24) is 9.97 Å². The van der Waals surface area contributed by atoms with Crippen molar-refractivity contribution in [3.8, 4) is 0 Å². The highest BCUT2D eigenvalue weighted by atomic mass is 35.5. The van der Waals surface area contributed by atoms with E-state index in [-0.39, 0.29) is 5.41 Å². The molecule has 1 heterocycles. The molecule has 4 heteroatoms. The maximum Gasteiger partial charge on any atom is 0.137 e. The van der Waals surface area contributed by atoms with Crippen LogP contribution in [0.5, 0.6) is 0 Å². The Hall–Kier alpha value is -0.830. The summed E-state index contributed by atoms with van der Waals surface area (Å²) in [6, 6.07) is 0. The number of rotatable bonds is 5. The molecular formula is C14H24ClN3. The van der Waals surface area contributed by atoms with Gasteiger partial charge in [0.25, 0.3) is 0 Å². The third-order valence-corrected chi connectivity index (χ3v) is 3.77. The normalized spacial score (nSPS) is 13.4. The highest BCUT2D eigenvalue weighted by Gasteiger charge is 2.20. The van der Waals surface area contributed by atoms with Crippen LogP contribution in [0.3, 0.4) is 0 Å². The molecule has 1 atom stereocenters. The van der Waals surface area contributed by atoms with Gasteiger partial charge in [-0.05, 0) is 17.8 Å². The molecule has 0 radical (unpaired) electrons. The summed E-state index contributed by atoms with van der Waals surface area (Å²) in [7, 11) is 0. The fourth-order valence-corrected chi connectivity index (χ4v) is 1.80. The molecule has 1 N–H and O–H groups in total. The molecule has 3 nitrogen and oxygen atoms in total. The third-order valence-electron chi connectivity index (χ3n) is 3.45. The van der Waals surface area contributed by atoms with Crippen molar-refractivity contribution in [2.24, 2.45) is 11.3 Å². The van der Waals surface area contributed by atoms with Crippen molar-refractivity contribution in [1.29, 1.82) is 0 Å². The smallest absolute Gasteiger partial charge is 0.137 e. The fourth-order valence-electron chi connectivity index (χ4n) is 1.57. The van der Waals surface area contributed by atoms with E-state index in [0.29, 0.717) is 11.1 Å². The number of anilines is 1. The van der Waals surface area contributed by atoms with Gasteiger partial charge in [-0.2, -0.15) is 0 Å². The maximum atomic E-state index is 6.12. The van der Waals surface area contributed by atoms with E-state index in [1.54, 1.807) is 0 Å². The average molecular weight is 270 g/mol. The van der Waals surface area contributed by atoms with E-state index in [1.807, 2.05) is 0 Å². The first-order valence-electron chi connectivity index (χ1n) is 6.59. The second-order valence-corrected chi connectivity index (χ2v) is 6.25. The SMILES string of the molecule is CCCc1c(Cl)ncnc1NCC(C)C(C)(C)C. The number of hydrogen-bond acceptors (Lipinski definition) is 3. The molecule has 0 aliphatic rings. The number of aromatic nitrogens is 2. The summed E-state index contributed by atoms with van der Waals surface area (Å²) in [5.74, 6) is 1.44. The lowest BCUT2D eigenvalue weighted by atomic mass is 9.82. The Labute approximate surface area is 115 Å². The van der Waals surface area contributed by atoms with E-state index in [0.717, 1.165) is 30.8 Å². The number of nitrogens with one attached hydrogen (secondary N) is 1. The fraction of sp³-hybridized carbons (Fsp3) is 0.714. The Morgan fingerprint density at radius 2 is 2.00 bits per heavy atom. The number of nitrogens with zero attached hydrogens (tertiary/aromatic N) is 2. The third kappa shape index (κ3) is 4.13. The van der Waals surface area contributed by atoms with Crippen molar-refractivity contribution in [3.63, 3.8) is 0 Å². The Balaban J connectivity index is 2.76. The lowest BCUT2D eigenvalue weighted by Crippen LogP contribution is -2.25. The molecule has 0 aliphatic carbocycles. The molecule has 1 unspecified atom stereocenters. The molecule has 102 valence electrons. The minimum absolute atomic E-state index is 0.286. The molecule has 0 aliphatic heterocycles. The van der Waals surface area contributed by atoms with Crippen LogP contribution in [0.4, 0.5) is 5.82 Å². The van der Waals surface area contributed by atoms with Crippen LogP contribution in [0.2, 0.25) is 5.15 Å². The van der Waals surface area contributed by atoms with Crippen LogP contribution in [0.25, 0.3) is 0 Å². The minimum atomic E-state index is 0.286. The van der Waals surface area contributed by atoms with Gasteiger partial charge in [0.1, 0.15) is 17.3 Å². The Kier molecular flexibility index (Phi) is 5.39.